The van der Waals surface area contributed by atoms with Gasteiger partial charge in [-0.15, -0.1) is 11.3 Å². The molecule has 6 heteroatoms. The van der Waals surface area contributed by atoms with Crippen molar-refractivity contribution in [3.8, 4) is 0 Å². The Morgan fingerprint density at radius 2 is 2.17 bits per heavy atom. The lowest BCUT2D eigenvalue weighted by Gasteiger charge is -1.99. The average Bonchev–Trinajstić information content (AvgIpc) is 3.17. The zero-order valence-corrected chi connectivity index (χ0v) is 14.6. The summed E-state index contributed by atoms with van der Waals surface area (Å²) in [5.74, 6) is 0.810. The summed E-state index contributed by atoms with van der Waals surface area (Å²) in [4.78, 5) is 16.0. The van der Waals surface area contributed by atoms with Crippen LogP contribution in [0.3, 0.4) is 0 Å². The quantitative estimate of drug-likeness (QED) is 0.405. The minimum atomic E-state index is 0.810. The van der Waals surface area contributed by atoms with Crippen LogP contribution >= 0.6 is 23.1 Å². The van der Waals surface area contributed by atoms with Crippen LogP contribution in [0.5, 0.6) is 0 Å². The van der Waals surface area contributed by atoms with Gasteiger partial charge < -0.3 is 4.40 Å². The first-order valence-electron chi connectivity index (χ1n) is 7.54. The van der Waals surface area contributed by atoms with Crippen LogP contribution < -0.4 is 0 Å². The second kappa shape index (κ2) is 5.94. The van der Waals surface area contributed by atoms with E-state index < -0.39 is 0 Å². The zero-order valence-electron chi connectivity index (χ0n) is 13.0. The number of hydrogen-bond acceptors (Lipinski definition) is 5. The Morgan fingerprint density at radius 3 is 3.00 bits per heavy atom. The maximum atomic E-state index is 4.69. The van der Waals surface area contributed by atoms with Gasteiger partial charge in [0.1, 0.15) is 21.8 Å². The van der Waals surface area contributed by atoms with Gasteiger partial charge in [0.05, 0.1) is 5.69 Å². The van der Waals surface area contributed by atoms with Crippen molar-refractivity contribution < 1.29 is 0 Å². The monoisotopic (exact) mass is 340 g/mol. The first-order valence-corrected chi connectivity index (χ1v) is 9.34. The van der Waals surface area contributed by atoms with Crippen LogP contribution in [0, 0.1) is 6.92 Å². The van der Waals surface area contributed by atoms with Crippen molar-refractivity contribution >= 4 is 39.0 Å². The maximum absolute atomic E-state index is 4.69. The molecule has 4 aromatic rings. The number of thioether (sulfide) groups is 1. The van der Waals surface area contributed by atoms with Crippen molar-refractivity contribution in [1.29, 1.82) is 0 Å². The van der Waals surface area contributed by atoms with E-state index in [4.69, 9.17) is 4.98 Å². The molecular weight excluding hydrogens is 324 g/mol. The van der Waals surface area contributed by atoms with Crippen LogP contribution in [0.1, 0.15) is 23.2 Å². The summed E-state index contributed by atoms with van der Waals surface area (Å²) in [5, 5.41) is 2.21. The van der Waals surface area contributed by atoms with Crippen molar-refractivity contribution in [3.63, 3.8) is 0 Å². The molecule has 4 heterocycles. The highest BCUT2D eigenvalue weighted by atomic mass is 32.2. The summed E-state index contributed by atoms with van der Waals surface area (Å²) < 4.78 is 2.13. The molecule has 0 aliphatic heterocycles. The number of imidazole rings is 1. The van der Waals surface area contributed by atoms with Gasteiger partial charge in [-0.05, 0) is 31.5 Å². The molecule has 0 amide bonds. The second-order valence-electron chi connectivity index (χ2n) is 5.38. The van der Waals surface area contributed by atoms with Gasteiger partial charge in [0.25, 0.3) is 0 Å². The molecule has 0 aliphatic rings. The molecule has 23 heavy (non-hydrogen) atoms. The summed E-state index contributed by atoms with van der Waals surface area (Å²) in [6, 6.07) is 8.39. The number of aromatic nitrogens is 4. The molecule has 0 fully saturated rings. The van der Waals surface area contributed by atoms with Gasteiger partial charge in [0.2, 0.25) is 0 Å². The lowest BCUT2D eigenvalue weighted by Crippen LogP contribution is -1.87. The van der Waals surface area contributed by atoms with E-state index in [1.807, 2.05) is 12.1 Å². The van der Waals surface area contributed by atoms with E-state index in [0.717, 1.165) is 33.4 Å². The summed E-state index contributed by atoms with van der Waals surface area (Å²) in [5.41, 5.74) is 3.26. The van der Waals surface area contributed by atoms with Gasteiger partial charge >= 0.3 is 0 Å². The van der Waals surface area contributed by atoms with Crippen molar-refractivity contribution in [3.05, 3.63) is 53.1 Å². The fraction of sp³-hybridized carbons (Fsp3) is 0.235. The van der Waals surface area contributed by atoms with E-state index >= 15 is 0 Å². The first-order chi connectivity index (χ1) is 11.2. The van der Waals surface area contributed by atoms with Crippen LogP contribution in [0.25, 0.3) is 15.9 Å². The maximum Gasteiger partial charge on any atom is 0.137 e. The van der Waals surface area contributed by atoms with Gasteiger partial charge in [-0.3, -0.25) is 0 Å². The molecule has 0 saturated carbocycles. The van der Waals surface area contributed by atoms with Crippen LogP contribution in [-0.4, -0.2) is 19.4 Å². The fourth-order valence-corrected chi connectivity index (χ4v) is 4.44. The smallest absolute Gasteiger partial charge is 0.137 e. The molecule has 0 spiro atoms. The van der Waals surface area contributed by atoms with Crippen LogP contribution in [0.15, 0.2) is 41.8 Å². The summed E-state index contributed by atoms with van der Waals surface area (Å²) >= 11 is 3.48. The van der Waals surface area contributed by atoms with Crippen molar-refractivity contribution in [2.75, 3.05) is 0 Å². The highest BCUT2D eigenvalue weighted by Crippen LogP contribution is 2.32. The van der Waals surface area contributed by atoms with E-state index in [2.05, 4.69) is 46.5 Å². The molecule has 0 aliphatic carbocycles. The van der Waals surface area contributed by atoms with Crippen LogP contribution in [0.2, 0.25) is 0 Å². The van der Waals surface area contributed by atoms with Crippen molar-refractivity contribution in [1.82, 2.24) is 19.4 Å². The molecular formula is C17H16N4S2. The second-order valence-corrected chi connectivity index (χ2v) is 7.46. The molecule has 116 valence electrons. The molecule has 4 rings (SSSR count). The Morgan fingerprint density at radius 1 is 1.26 bits per heavy atom. The van der Waals surface area contributed by atoms with Gasteiger partial charge in [0, 0.05) is 27.9 Å². The summed E-state index contributed by atoms with van der Waals surface area (Å²) in [6.45, 7) is 4.27. The fourth-order valence-electron chi connectivity index (χ4n) is 2.58. The third kappa shape index (κ3) is 2.72. The van der Waals surface area contributed by atoms with Crippen molar-refractivity contribution in [2.45, 2.75) is 31.0 Å². The molecule has 0 saturated heterocycles. The van der Waals surface area contributed by atoms with E-state index in [9.17, 15) is 0 Å². The molecule has 0 atom stereocenters. The predicted octanol–water partition coefficient (Wildman–Crippen LogP) is 4.50. The van der Waals surface area contributed by atoms with Crippen molar-refractivity contribution in [2.24, 2.45) is 0 Å². The number of pyridine rings is 1. The SMILES string of the molecule is CCc1cc2c(SCc3cn4c(C)cccc4n3)ncnc2s1. The Kier molecular flexibility index (Phi) is 3.79. The Labute approximate surface area is 142 Å². The topological polar surface area (TPSA) is 43.1 Å². The van der Waals surface area contributed by atoms with E-state index in [1.165, 1.54) is 16.0 Å². The normalized spacial score (nSPS) is 11.6. The standard InChI is InChI=1S/C17H16N4S2/c1-3-13-7-14-16(18-10-19-17(14)23-13)22-9-12-8-21-11(2)5-4-6-15(21)20-12/h4-8,10H,3,9H2,1-2H3. The molecule has 4 aromatic heterocycles. The molecule has 0 radical (unpaired) electrons. The number of hydrogen-bond donors (Lipinski definition) is 0. The number of thiophene rings is 1. The predicted molar refractivity (Wildman–Crippen MR) is 96.3 cm³/mol. The highest BCUT2D eigenvalue weighted by Gasteiger charge is 2.10. The van der Waals surface area contributed by atoms with Gasteiger partial charge in [-0.25, -0.2) is 15.0 Å². The zero-order chi connectivity index (χ0) is 15.8. The Bertz CT molecular complexity index is 987. The van der Waals surface area contributed by atoms with Gasteiger partial charge in [0.15, 0.2) is 0 Å². The lowest BCUT2D eigenvalue weighted by atomic mass is 10.3. The third-order valence-electron chi connectivity index (χ3n) is 3.79. The van der Waals surface area contributed by atoms with Crippen LogP contribution in [-0.2, 0) is 12.2 Å². The number of aryl methyl sites for hydroxylation is 2. The summed E-state index contributed by atoms with van der Waals surface area (Å²) in [6.07, 6.45) is 4.81. The molecule has 0 unspecified atom stereocenters. The average molecular weight is 340 g/mol. The molecule has 0 bridgehead atoms. The van der Waals surface area contributed by atoms with Crippen LogP contribution in [0.4, 0.5) is 0 Å². The third-order valence-corrected chi connectivity index (χ3v) is 6.02. The Hall–Kier alpha value is -1.92. The number of fused-ring (bicyclic) bond motifs is 2. The van der Waals surface area contributed by atoms with Gasteiger partial charge in [-0.2, -0.15) is 0 Å². The Balaban J connectivity index is 1.63. The summed E-state index contributed by atoms with van der Waals surface area (Å²) in [7, 11) is 0. The number of nitrogens with zero attached hydrogens (tertiary/aromatic N) is 4. The highest BCUT2D eigenvalue weighted by molar-refractivity contribution is 7.98. The van der Waals surface area contributed by atoms with E-state index in [1.54, 1.807) is 29.4 Å². The largest absolute Gasteiger partial charge is 0.304 e. The molecule has 0 aromatic carbocycles. The molecule has 4 nitrogen and oxygen atoms in total. The van der Waals surface area contributed by atoms with E-state index in [-0.39, 0.29) is 0 Å². The molecule has 0 N–H and O–H groups in total. The van der Waals surface area contributed by atoms with Gasteiger partial charge in [-0.1, -0.05) is 24.8 Å². The minimum Gasteiger partial charge on any atom is -0.304 e. The lowest BCUT2D eigenvalue weighted by molar-refractivity contribution is 1.09. The first kappa shape index (κ1) is 14.7. The number of rotatable bonds is 4. The van der Waals surface area contributed by atoms with E-state index in [0.29, 0.717) is 0 Å². The minimum absolute atomic E-state index is 0.810.